The van der Waals surface area contributed by atoms with Crippen LogP contribution < -0.4 is 9.57 Å². The lowest BCUT2D eigenvalue weighted by molar-refractivity contribution is -0.0499. The number of nitrogens with zero attached hydrogens (tertiary/aromatic N) is 1. The maximum absolute atomic E-state index is 12.3. The zero-order chi connectivity index (χ0) is 16.9. The summed E-state index contributed by atoms with van der Waals surface area (Å²) in [6, 6.07) is 11.8. The van der Waals surface area contributed by atoms with Crippen LogP contribution in [0.5, 0.6) is 5.75 Å². The van der Waals surface area contributed by atoms with Crippen LogP contribution in [0.3, 0.4) is 0 Å². The quantitative estimate of drug-likeness (QED) is 0.592. The molecule has 9 heteroatoms. The Labute approximate surface area is 140 Å². The minimum atomic E-state index is -3.84. The van der Waals surface area contributed by atoms with Crippen LogP contribution >= 0.6 is 15.9 Å². The number of nitrogens with one attached hydrogen (secondary N) is 1. The van der Waals surface area contributed by atoms with E-state index in [0.717, 1.165) is 10.7 Å². The number of hydrogen-bond acceptors (Lipinski definition) is 4. The molecule has 0 atom stereocenters. The summed E-state index contributed by atoms with van der Waals surface area (Å²) in [5, 5.41) is 3.58. The summed E-state index contributed by atoms with van der Waals surface area (Å²) in [6.45, 7) is -2.98. The zero-order valence-corrected chi connectivity index (χ0v) is 13.9. The molecule has 2 aromatic carbocycles. The predicted octanol–water partition coefficient (Wildman–Crippen LogP) is 3.36. The molecule has 5 nitrogen and oxygen atoms in total. The molecular weight excluding hydrogens is 394 g/mol. The Kier molecular flexibility index (Phi) is 5.67. The van der Waals surface area contributed by atoms with Gasteiger partial charge >= 0.3 is 6.61 Å². The summed E-state index contributed by atoms with van der Waals surface area (Å²) in [7, 11) is -3.84. The highest BCUT2D eigenvalue weighted by molar-refractivity contribution is 9.10. The summed E-state index contributed by atoms with van der Waals surface area (Å²) in [5.74, 6) is -0.103. The average molecular weight is 405 g/mol. The van der Waals surface area contributed by atoms with Gasteiger partial charge < -0.3 is 4.74 Å². The number of rotatable bonds is 6. The van der Waals surface area contributed by atoms with Crippen LogP contribution in [-0.4, -0.2) is 21.2 Å². The van der Waals surface area contributed by atoms with E-state index in [1.807, 2.05) is 4.83 Å². The number of benzene rings is 2. The van der Waals surface area contributed by atoms with Gasteiger partial charge in [-0.15, -0.1) is 0 Å². The van der Waals surface area contributed by atoms with Crippen LogP contribution in [0.25, 0.3) is 0 Å². The number of alkyl halides is 2. The van der Waals surface area contributed by atoms with Crippen molar-refractivity contribution in [2.24, 2.45) is 5.10 Å². The second-order valence-corrected chi connectivity index (χ2v) is 6.80. The number of ether oxygens (including phenoxy) is 1. The summed E-state index contributed by atoms with van der Waals surface area (Å²) < 4.78 is 53.6. The number of para-hydroxylation sites is 1. The number of sulfonamides is 1. The van der Waals surface area contributed by atoms with Gasteiger partial charge in [-0.3, -0.25) is 0 Å². The Morgan fingerprint density at radius 1 is 1.13 bits per heavy atom. The fourth-order valence-corrected chi connectivity index (χ4v) is 2.68. The SMILES string of the molecule is O=S(=O)(N/N=C/c1ccccc1OC(F)F)c1ccc(Br)cc1. The first-order chi connectivity index (χ1) is 10.9. The van der Waals surface area contributed by atoms with Gasteiger partial charge in [0.2, 0.25) is 0 Å². The molecule has 0 bridgehead atoms. The standard InChI is InChI=1S/C14H11BrF2N2O3S/c15-11-5-7-12(8-6-11)23(20,21)19-18-9-10-3-1-2-4-13(10)22-14(16)17/h1-9,14,19H/b18-9+. The second-order valence-electron chi connectivity index (χ2n) is 4.22. The Hall–Kier alpha value is -2.00. The molecule has 0 aliphatic carbocycles. The molecule has 0 aliphatic heterocycles. The van der Waals surface area contributed by atoms with Gasteiger partial charge in [0.1, 0.15) is 5.75 Å². The summed E-state index contributed by atoms with van der Waals surface area (Å²) in [6.07, 6.45) is 1.09. The molecule has 0 amide bonds. The Morgan fingerprint density at radius 3 is 2.43 bits per heavy atom. The molecule has 0 aliphatic rings. The number of hydrazone groups is 1. The van der Waals surface area contributed by atoms with E-state index in [0.29, 0.717) is 0 Å². The Bertz CT molecular complexity index is 796. The first-order valence-electron chi connectivity index (χ1n) is 6.23. The fraction of sp³-hybridized carbons (Fsp3) is 0.0714. The summed E-state index contributed by atoms with van der Waals surface area (Å²) >= 11 is 3.20. The molecule has 0 aromatic heterocycles. The van der Waals surface area contributed by atoms with Crippen molar-refractivity contribution in [1.82, 2.24) is 4.83 Å². The fourth-order valence-electron chi connectivity index (χ4n) is 1.62. The van der Waals surface area contributed by atoms with Gasteiger partial charge in [0.05, 0.1) is 11.1 Å². The van der Waals surface area contributed by atoms with Crippen molar-refractivity contribution in [2.45, 2.75) is 11.5 Å². The van der Waals surface area contributed by atoms with Crippen molar-refractivity contribution < 1.29 is 21.9 Å². The highest BCUT2D eigenvalue weighted by atomic mass is 79.9. The van der Waals surface area contributed by atoms with E-state index in [-0.39, 0.29) is 16.2 Å². The molecule has 0 fully saturated rings. The minimum absolute atomic E-state index is 0.0231. The molecule has 23 heavy (non-hydrogen) atoms. The van der Waals surface area contributed by atoms with Crippen LogP contribution in [0.1, 0.15) is 5.56 Å². The summed E-state index contributed by atoms with van der Waals surface area (Å²) in [5.41, 5.74) is 0.214. The molecule has 0 spiro atoms. The van der Waals surface area contributed by atoms with E-state index in [4.69, 9.17) is 0 Å². The Morgan fingerprint density at radius 2 is 1.78 bits per heavy atom. The Balaban J connectivity index is 2.14. The lowest BCUT2D eigenvalue weighted by Crippen LogP contribution is -2.18. The van der Waals surface area contributed by atoms with E-state index in [2.05, 4.69) is 25.8 Å². The largest absolute Gasteiger partial charge is 0.434 e. The van der Waals surface area contributed by atoms with Gasteiger partial charge in [-0.2, -0.15) is 22.3 Å². The van der Waals surface area contributed by atoms with Crippen molar-refractivity contribution in [3.05, 3.63) is 58.6 Å². The van der Waals surface area contributed by atoms with Gasteiger partial charge in [0, 0.05) is 10.0 Å². The molecule has 0 saturated heterocycles. The highest BCUT2D eigenvalue weighted by Gasteiger charge is 2.12. The molecule has 2 aromatic rings. The molecule has 0 saturated carbocycles. The van der Waals surface area contributed by atoms with Crippen molar-refractivity contribution >= 4 is 32.2 Å². The van der Waals surface area contributed by atoms with E-state index in [1.54, 1.807) is 18.2 Å². The normalized spacial score (nSPS) is 11.8. The van der Waals surface area contributed by atoms with Crippen LogP contribution in [-0.2, 0) is 10.0 Å². The highest BCUT2D eigenvalue weighted by Crippen LogP contribution is 2.18. The molecule has 0 radical (unpaired) electrons. The zero-order valence-electron chi connectivity index (χ0n) is 11.5. The van der Waals surface area contributed by atoms with Gasteiger partial charge in [0.15, 0.2) is 0 Å². The lowest BCUT2D eigenvalue weighted by atomic mass is 10.2. The van der Waals surface area contributed by atoms with Gasteiger partial charge in [0.25, 0.3) is 10.0 Å². The van der Waals surface area contributed by atoms with Crippen molar-refractivity contribution in [2.75, 3.05) is 0 Å². The van der Waals surface area contributed by atoms with Crippen LogP contribution in [0.4, 0.5) is 8.78 Å². The van der Waals surface area contributed by atoms with Crippen LogP contribution in [0.2, 0.25) is 0 Å². The third-order valence-corrected chi connectivity index (χ3v) is 4.40. The lowest BCUT2D eigenvalue weighted by Gasteiger charge is -2.07. The number of halogens is 3. The van der Waals surface area contributed by atoms with Crippen LogP contribution in [0, 0.1) is 0 Å². The van der Waals surface area contributed by atoms with Gasteiger partial charge in [-0.1, -0.05) is 28.1 Å². The van der Waals surface area contributed by atoms with E-state index >= 15 is 0 Å². The maximum Gasteiger partial charge on any atom is 0.387 e. The third-order valence-electron chi connectivity index (χ3n) is 2.64. The first kappa shape index (κ1) is 17.4. The van der Waals surface area contributed by atoms with E-state index < -0.39 is 16.6 Å². The van der Waals surface area contributed by atoms with Crippen LogP contribution in [0.15, 0.2) is 63.0 Å². The predicted molar refractivity (Wildman–Crippen MR) is 85.1 cm³/mol. The van der Waals surface area contributed by atoms with Gasteiger partial charge in [-0.05, 0) is 36.4 Å². The van der Waals surface area contributed by atoms with Gasteiger partial charge in [-0.25, -0.2) is 4.83 Å². The smallest absolute Gasteiger partial charge is 0.387 e. The molecule has 2 rings (SSSR count). The number of hydrogen-bond donors (Lipinski definition) is 1. The monoisotopic (exact) mass is 404 g/mol. The maximum atomic E-state index is 12.3. The topological polar surface area (TPSA) is 67.8 Å². The molecule has 1 N–H and O–H groups in total. The minimum Gasteiger partial charge on any atom is -0.434 e. The van der Waals surface area contributed by atoms with E-state index in [9.17, 15) is 17.2 Å². The summed E-state index contributed by atoms with van der Waals surface area (Å²) in [4.78, 5) is 2.03. The van der Waals surface area contributed by atoms with Crippen molar-refractivity contribution in [1.29, 1.82) is 0 Å². The second kappa shape index (κ2) is 7.51. The third kappa shape index (κ3) is 5.00. The first-order valence-corrected chi connectivity index (χ1v) is 8.50. The average Bonchev–Trinajstić information content (AvgIpc) is 2.49. The van der Waals surface area contributed by atoms with Crippen molar-refractivity contribution in [3.8, 4) is 5.75 Å². The van der Waals surface area contributed by atoms with Crippen molar-refractivity contribution in [3.63, 3.8) is 0 Å². The molecule has 0 heterocycles. The molecular formula is C14H11BrF2N2O3S. The molecule has 0 unspecified atom stereocenters. The van der Waals surface area contributed by atoms with E-state index in [1.165, 1.54) is 30.3 Å². The molecule has 122 valence electrons.